The van der Waals surface area contributed by atoms with Crippen LogP contribution < -0.4 is 5.56 Å². The van der Waals surface area contributed by atoms with Gasteiger partial charge >= 0.3 is 5.97 Å². The van der Waals surface area contributed by atoms with E-state index in [4.69, 9.17) is 4.74 Å². The fraction of sp³-hybridized carbons (Fsp3) is 0.263. The van der Waals surface area contributed by atoms with Gasteiger partial charge in [0.2, 0.25) is 0 Å². The number of carbonyl (C=O) groups is 1. The van der Waals surface area contributed by atoms with Crippen LogP contribution in [0.5, 0.6) is 0 Å². The Morgan fingerprint density at radius 2 is 2.04 bits per heavy atom. The Labute approximate surface area is 150 Å². The van der Waals surface area contributed by atoms with Crippen LogP contribution >= 0.6 is 0 Å². The number of aromatic amines is 1. The van der Waals surface area contributed by atoms with Crippen LogP contribution in [0.4, 0.5) is 0 Å². The zero-order valence-electron chi connectivity index (χ0n) is 14.9. The van der Waals surface area contributed by atoms with Crippen LogP contribution in [0.1, 0.15) is 42.3 Å². The minimum Gasteiger partial charge on any atom is -0.456 e. The Bertz CT molecular complexity index is 951. The normalized spacial score (nSPS) is 11.3. The Morgan fingerprint density at radius 3 is 2.65 bits per heavy atom. The standard InChI is InChI=1S/C19H20N4O3/c1-19(2,3)26-18(25)14-6-7-16(21-11-14)23-17(24)15(12-22-23)9-13-5-4-8-20-10-13/h4-8,10-12,22H,9H2,1-3H3. The van der Waals surface area contributed by atoms with Gasteiger partial charge in [-0.15, -0.1) is 0 Å². The molecule has 3 heterocycles. The Balaban J connectivity index is 1.80. The number of carbonyl (C=O) groups excluding carboxylic acids is 1. The van der Waals surface area contributed by atoms with Gasteiger partial charge in [0.25, 0.3) is 5.56 Å². The van der Waals surface area contributed by atoms with Gasteiger partial charge in [0.05, 0.1) is 5.56 Å². The summed E-state index contributed by atoms with van der Waals surface area (Å²) in [6.07, 6.45) is 6.95. The van der Waals surface area contributed by atoms with E-state index in [9.17, 15) is 9.59 Å². The van der Waals surface area contributed by atoms with Crippen molar-refractivity contribution in [1.29, 1.82) is 0 Å². The zero-order chi connectivity index (χ0) is 18.7. The number of rotatable bonds is 4. The smallest absolute Gasteiger partial charge is 0.340 e. The number of ether oxygens (including phenoxy) is 1. The first-order valence-electron chi connectivity index (χ1n) is 8.21. The number of nitrogens with zero attached hydrogens (tertiary/aromatic N) is 3. The SMILES string of the molecule is CC(C)(C)OC(=O)c1ccc(-n2[nH]cc(Cc3cccnc3)c2=O)nc1. The largest absolute Gasteiger partial charge is 0.456 e. The molecule has 0 aliphatic carbocycles. The van der Waals surface area contributed by atoms with Crippen molar-refractivity contribution < 1.29 is 9.53 Å². The summed E-state index contributed by atoms with van der Waals surface area (Å²) in [5, 5.41) is 2.90. The molecular weight excluding hydrogens is 332 g/mol. The van der Waals surface area contributed by atoms with E-state index in [1.807, 2.05) is 12.1 Å². The third-order valence-corrected chi connectivity index (χ3v) is 3.57. The number of pyridine rings is 2. The highest BCUT2D eigenvalue weighted by Crippen LogP contribution is 2.12. The van der Waals surface area contributed by atoms with Crippen molar-refractivity contribution in [2.45, 2.75) is 32.8 Å². The lowest BCUT2D eigenvalue weighted by atomic mass is 10.1. The first-order chi connectivity index (χ1) is 12.3. The first-order valence-corrected chi connectivity index (χ1v) is 8.21. The monoisotopic (exact) mass is 352 g/mol. The maximum absolute atomic E-state index is 12.6. The quantitative estimate of drug-likeness (QED) is 0.729. The summed E-state index contributed by atoms with van der Waals surface area (Å²) in [5.41, 5.74) is 1.12. The van der Waals surface area contributed by atoms with Gasteiger partial charge in [-0.1, -0.05) is 6.07 Å². The number of H-pyrrole nitrogens is 1. The maximum Gasteiger partial charge on any atom is 0.340 e. The fourth-order valence-corrected chi connectivity index (χ4v) is 2.40. The van der Waals surface area contributed by atoms with Gasteiger partial charge in [0, 0.05) is 36.8 Å². The molecule has 134 valence electrons. The highest BCUT2D eigenvalue weighted by Gasteiger charge is 2.18. The summed E-state index contributed by atoms with van der Waals surface area (Å²) in [5.74, 6) is -0.0487. The molecule has 0 radical (unpaired) electrons. The third-order valence-electron chi connectivity index (χ3n) is 3.57. The van der Waals surface area contributed by atoms with Gasteiger partial charge in [0.15, 0.2) is 5.82 Å². The first kappa shape index (κ1) is 17.6. The molecule has 0 fully saturated rings. The molecule has 26 heavy (non-hydrogen) atoms. The van der Waals surface area contributed by atoms with Crippen molar-refractivity contribution in [2.24, 2.45) is 0 Å². The van der Waals surface area contributed by atoms with Gasteiger partial charge in [-0.25, -0.2) is 14.5 Å². The molecular formula is C19H20N4O3. The molecule has 0 spiro atoms. The van der Waals surface area contributed by atoms with Crippen molar-refractivity contribution in [3.63, 3.8) is 0 Å². The lowest BCUT2D eigenvalue weighted by Gasteiger charge is -2.19. The van der Waals surface area contributed by atoms with E-state index in [1.54, 1.807) is 51.5 Å². The second-order valence-corrected chi connectivity index (χ2v) is 6.88. The van der Waals surface area contributed by atoms with E-state index in [-0.39, 0.29) is 5.56 Å². The molecule has 0 saturated carbocycles. The molecule has 3 rings (SSSR count). The number of aromatic nitrogens is 4. The molecule has 3 aromatic heterocycles. The van der Waals surface area contributed by atoms with Gasteiger partial charge in [-0.05, 0) is 44.5 Å². The molecule has 0 aliphatic rings. The van der Waals surface area contributed by atoms with Crippen molar-refractivity contribution in [2.75, 3.05) is 0 Å². The van der Waals surface area contributed by atoms with Crippen molar-refractivity contribution in [1.82, 2.24) is 19.7 Å². The Morgan fingerprint density at radius 1 is 1.23 bits per heavy atom. The summed E-state index contributed by atoms with van der Waals surface area (Å²) in [6.45, 7) is 5.40. The molecule has 0 atom stereocenters. The molecule has 0 amide bonds. The predicted molar refractivity (Wildman–Crippen MR) is 96.4 cm³/mol. The summed E-state index contributed by atoms with van der Waals surface area (Å²) in [7, 11) is 0. The van der Waals surface area contributed by atoms with Crippen molar-refractivity contribution in [3.05, 3.63) is 76.1 Å². The number of nitrogens with one attached hydrogen (secondary N) is 1. The van der Waals surface area contributed by atoms with E-state index in [1.165, 1.54) is 10.9 Å². The highest BCUT2D eigenvalue weighted by molar-refractivity contribution is 5.89. The molecule has 0 unspecified atom stereocenters. The van der Waals surface area contributed by atoms with Crippen molar-refractivity contribution >= 4 is 5.97 Å². The predicted octanol–water partition coefficient (Wildman–Crippen LogP) is 2.50. The minimum atomic E-state index is -0.576. The molecule has 3 aromatic rings. The van der Waals surface area contributed by atoms with Crippen LogP contribution in [0.15, 0.2) is 53.8 Å². The minimum absolute atomic E-state index is 0.189. The molecule has 7 nitrogen and oxygen atoms in total. The van der Waals surface area contributed by atoms with E-state index >= 15 is 0 Å². The van der Waals surface area contributed by atoms with Crippen LogP contribution in [-0.4, -0.2) is 31.3 Å². The van der Waals surface area contributed by atoms with Crippen LogP contribution in [-0.2, 0) is 11.2 Å². The van der Waals surface area contributed by atoms with E-state index in [0.717, 1.165) is 5.56 Å². The zero-order valence-corrected chi connectivity index (χ0v) is 14.9. The van der Waals surface area contributed by atoms with E-state index in [0.29, 0.717) is 23.4 Å². The van der Waals surface area contributed by atoms with Crippen LogP contribution in [0, 0.1) is 0 Å². The van der Waals surface area contributed by atoms with Crippen LogP contribution in [0.3, 0.4) is 0 Å². The number of hydrogen-bond donors (Lipinski definition) is 1. The molecule has 0 aliphatic heterocycles. The van der Waals surface area contributed by atoms with Gasteiger partial charge < -0.3 is 4.74 Å². The summed E-state index contributed by atoms with van der Waals surface area (Å²) < 4.78 is 6.64. The Hall–Kier alpha value is -3.22. The van der Waals surface area contributed by atoms with Crippen LogP contribution in [0.2, 0.25) is 0 Å². The van der Waals surface area contributed by atoms with E-state index < -0.39 is 11.6 Å². The summed E-state index contributed by atoms with van der Waals surface area (Å²) >= 11 is 0. The Kier molecular flexibility index (Phi) is 4.71. The second kappa shape index (κ2) is 6.95. The van der Waals surface area contributed by atoms with Gasteiger partial charge in [0.1, 0.15) is 5.60 Å². The summed E-state index contributed by atoms with van der Waals surface area (Å²) in [4.78, 5) is 32.8. The fourth-order valence-electron chi connectivity index (χ4n) is 2.40. The lowest BCUT2D eigenvalue weighted by Crippen LogP contribution is -2.24. The topological polar surface area (TPSA) is 89.9 Å². The maximum atomic E-state index is 12.6. The van der Waals surface area contributed by atoms with Gasteiger partial charge in [-0.2, -0.15) is 0 Å². The lowest BCUT2D eigenvalue weighted by molar-refractivity contribution is 0.00691. The van der Waals surface area contributed by atoms with Crippen molar-refractivity contribution in [3.8, 4) is 5.82 Å². The molecule has 0 aromatic carbocycles. The number of hydrogen-bond acceptors (Lipinski definition) is 5. The third kappa shape index (κ3) is 4.05. The molecule has 1 N–H and O–H groups in total. The molecule has 0 saturated heterocycles. The highest BCUT2D eigenvalue weighted by atomic mass is 16.6. The second-order valence-electron chi connectivity index (χ2n) is 6.88. The average Bonchev–Trinajstić information content (AvgIpc) is 2.95. The average molecular weight is 352 g/mol. The van der Waals surface area contributed by atoms with Crippen LogP contribution in [0.25, 0.3) is 5.82 Å². The number of esters is 1. The summed E-state index contributed by atoms with van der Waals surface area (Å²) in [6, 6.07) is 6.94. The van der Waals surface area contributed by atoms with Gasteiger partial charge in [-0.3, -0.25) is 14.9 Å². The van der Waals surface area contributed by atoms with E-state index in [2.05, 4.69) is 15.1 Å². The molecule has 0 bridgehead atoms. The molecule has 7 heteroatoms.